The molecule has 0 spiro atoms. The Bertz CT molecular complexity index is 1190. The smallest absolute Gasteiger partial charge is 0.272 e. The Morgan fingerprint density at radius 2 is 1.97 bits per heavy atom. The fourth-order valence-electron chi connectivity index (χ4n) is 3.99. The molecule has 5 nitrogen and oxygen atoms in total. The molecule has 1 N–H and O–H groups in total. The van der Waals surface area contributed by atoms with Crippen molar-refractivity contribution in [2.24, 2.45) is 0 Å². The number of aromatic nitrogens is 2. The van der Waals surface area contributed by atoms with Crippen molar-refractivity contribution in [2.75, 3.05) is 0 Å². The quantitative estimate of drug-likeness (QED) is 0.549. The van der Waals surface area contributed by atoms with Gasteiger partial charge in [-0.15, -0.1) is 0 Å². The third kappa shape index (κ3) is 3.01. The second-order valence-corrected chi connectivity index (χ2v) is 7.37. The number of furan rings is 1. The maximum absolute atomic E-state index is 14.3. The molecule has 1 unspecified atom stereocenters. The predicted molar refractivity (Wildman–Crippen MR) is 108 cm³/mol. The molecule has 29 heavy (non-hydrogen) atoms. The third-order valence-electron chi connectivity index (χ3n) is 5.44. The fraction of sp³-hybridized carbons (Fsp3) is 0.217. The molecule has 1 aliphatic rings. The first-order valence-electron chi connectivity index (χ1n) is 9.77. The summed E-state index contributed by atoms with van der Waals surface area (Å²) < 4.78 is 21.8. The third-order valence-corrected chi connectivity index (χ3v) is 5.44. The van der Waals surface area contributed by atoms with E-state index in [0.29, 0.717) is 17.1 Å². The molecule has 6 heteroatoms. The maximum Gasteiger partial charge on any atom is 0.272 e. The lowest BCUT2D eigenvalue weighted by Gasteiger charge is -2.10. The minimum atomic E-state index is -0.354. The summed E-state index contributed by atoms with van der Waals surface area (Å²) in [6.07, 6.45) is 2.48. The van der Waals surface area contributed by atoms with E-state index in [9.17, 15) is 9.18 Å². The lowest BCUT2D eigenvalue weighted by molar-refractivity contribution is 0.0929. The van der Waals surface area contributed by atoms with Crippen LogP contribution in [-0.2, 0) is 12.8 Å². The van der Waals surface area contributed by atoms with Crippen LogP contribution in [-0.4, -0.2) is 15.7 Å². The van der Waals surface area contributed by atoms with Gasteiger partial charge in [0.15, 0.2) is 5.69 Å². The molecule has 5 rings (SSSR count). The van der Waals surface area contributed by atoms with Crippen LogP contribution in [0.1, 0.15) is 46.9 Å². The van der Waals surface area contributed by atoms with Crippen LogP contribution in [0.2, 0.25) is 0 Å². The Balaban J connectivity index is 1.46. The van der Waals surface area contributed by atoms with Crippen molar-refractivity contribution in [3.63, 3.8) is 0 Å². The van der Waals surface area contributed by atoms with Crippen LogP contribution >= 0.6 is 0 Å². The van der Waals surface area contributed by atoms with Gasteiger partial charge in [0.25, 0.3) is 5.91 Å². The van der Waals surface area contributed by atoms with Crippen molar-refractivity contribution in [2.45, 2.75) is 32.2 Å². The number of nitrogens with zero attached hydrogens (tertiary/aromatic N) is 2. The largest absolute Gasteiger partial charge is 0.459 e. The molecule has 146 valence electrons. The van der Waals surface area contributed by atoms with Crippen LogP contribution in [0.25, 0.3) is 16.7 Å². The number of amides is 1. The van der Waals surface area contributed by atoms with Crippen molar-refractivity contribution in [1.29, 1.82) is 0 Å². The molecule has 2 aromatic heterocycles. The predicted octanol–water partition coefficient (Wildman–Crippen LogP) is 4.74. The van der Waals surface area contributed by atoms with Crippen molar-refractivity contribution < 1.29 is 13.6 Å². The van der Waals surface area contributed by atoms with Crippen LogP contribution in [0, 0.1) is 5.82 Å². The molecule has 0 saturated heterocycles. The molecule has 0 aliphatic heterocycles. The molecule has 0 radical (unpaired) electrons. The number of carbonyl (C=O) groups excluding carboxylic acids is 1. The van der Waals surface area contributed by atoms with Gasteiger partial charge in [0, 0.05) is 16.6 Å². The van der Waals surface area contributed by atoms with Gasteiger partial charge in [-0.05, 0) is 50.5 Å². The lowest BCUT2D eigenvalue weighted by Crippen LogP contribution is -2.27. The molecule has 1 amide bonds. The van der Waals surface area contributed by atoms with Gasteiger partial charge in [-0.1, -0.05) is 30.3 Å². The molecular weight excluding hydrogens is 369 g/mol. The van der Waals surface area contributed by atoms with E-state index in [-0.39, 0.29) is 17.8 Å². The molecule has 2 aromatic carbocycles. The zero-order valence-electron chi connectivity index (χ0n) is 16.0. The number of para-hydroxylation sites is 2. The van der Waals surface area contributed by atoms with E-state index in [2.05, 4.69) is 10.4 Å². The van der Waals surface area contributed by atoms with Crippen LogP contribution in [0.4, 0.5) is 4.39 Å². The number of benzene rings is 2. The van der Waals surface area contributed by atoms with Crippen molar-refractivity contribution >= 4 is 16.9 Å². The molecule has 0 bridgehead atoms. The topological polar surface area (TPSA) is 60.1 Å². The van der Waals surface area contributed by atoms with Crippen LogP contribution < -0.4 is 5.32 Å². The minimum Gasteiger partial charge on any atom is -0.459 e. The summed E-state index contributed by atoms with van der Waals surface area (Å²) in [5.74, 6) is 0.0585. The molecule has 4 aromatic rings. The Hall–Kier alpha value is -3.41. The van der Waals surface area contributed by atoms with Crippen molar-refractivity contribution in [1.82, 2.24) is 15.1 Å². The summed E-state index contributed by atoms with van der Waals surface area (Å²) in [5.41, 5.74) is 3.34. The van der Waals surface area contributed by atoms with E-state index < -0.39 is 0 Å². The number of carbonyl (C=O) groups is 1. The van der Waals surface area contributed by atoms with E-state index >= 15 is 0 Å². The fourth-order valence-corrected chi connectivity index (χ4v) is 3.99. The van der Waals surface area contributed by atoms with E-state index in [0.717, 1.165) is 41.5 Å². The number of rotatable bonds is 4. The summed E-state index contributed by atoms with van der Waals surface area (Å²) >= 11 is 0. The highest BCUT2D eigenvalue weighted by Crippen LogP contribution is 2.29. The second-order valence-electron chi connectivity index (χ2n) is 7.37. The summed E-state index contributed by atoms with van der Waals surface area (Å²) in [5, 5.41) is 8.46. The minimum absolute atomic E-state index is 0.272. The summed E-state index contributed by atoms with van der Waals surface area (Å²) in [7, 11) is 0. The Labute approximate surface area is 167 Å². The van der Waals surface area contributed by atoms with Crippen molar-refractivity contribution in [3.8, 4) is 5.69 Å². The molecule has 0 saturated carbocycles. The zero-order valence-corrected chi connectivity index (χ0v) is 16.0. The molecule has 1 atom stereocenters. The number of nitrogens with one attached hydrogen (secondary N) is 1. The zero-order chi connectivity index (χ0) is 20.0. The van der Waals surface area contributed by atoms with Gasteiger partial charge in [0.1, 0.15) is 22.8 Å². The molecule has 0 fully saturated rings. The second kappa shape index (κ2) is 6.88. The van der Waals surface area contributed by atoms with E-state index in [1.54, 1.807) is 22.9 Å². The van der Waals surface area contributed by atoms with Crippen LogP contribution in [0.5, 0.6) is 0 Å². The van der Waals surface area contributed by atoms with E-state index in [1.165, 1.54) is 6.07 Å². The van der Waals surface area contributed by atoms with Gasteiger partial charge < -0.3 is 9.73 Å². The maximum atomic E-state index is 14.3. The summed E-state index contributed by atoms with van der Waals surface area (Å²) in [6.45, 7) is 1.88. The monoisotopic (exact) mass is 389 g/mol. The van der Waals surface area contributed by atoms with Gasteiger partial charge in [-0.25, -0.2) is 9.07 Å². The number of halogens is 1. The Morgan fingerprint density at radius 1 is 1.17 bits per heavy atom. The van der Waals surface area contributed by atoms with Crippen LogP contribution in [0.15, 0.2) is 59.0 Å². The molecule has 1 aliphatic carbocycles. The average Bonchev–Trinajstić information content (AvgIpc) is 3.43. The van der Waals surface area contributed by atoms with Gasteiger partial charge in [-0.3, -0.25) is 4.79 Å². The van der Waals surface area contributed by atoms with Gasteiger partial charge in [0.2, 0.25) is 0 Å². The lowest BCUT2D eigenvalue weighted by atomic mass is 10.1. The first kappa shape index (κ1) is 17.7. The molecular formula is C23H20FN3O2. The van der Waals surface area contributed by atoms with Gasteiger partial charge in [0.05, 0.1) is 6.04 Å². The molecule has 2 heterocycles. The SMILES string of the molecule is CC(NC(=O)c1nn(-c2ccccc2F)c2c1CCC2)c1cc2ccccc2o1. The Morgan fingerprint density at radius 3 is 2.79 bits per heavy atom. The van der Waals surface area contributed by atoms with Gasteiger partial charge in [-0.2, -0.15) is 5.10 Å². The normalized spacial score (nSPS) is 14.1. The van der Waals surface area contributed by atoms with E-state index in [4.69, 9.17) is 4.42 Å². The summed E-state index contributed by atoms with van der Waals surface area (Å²) in [4.78, 5) is 13.0. The van der Waals surface area contributed by atoms with Gasteiger partial charge >= 0.3 is 0 Å². The van der Waals surface area contributed by atoms with Crippen molar-refractivity contribution in [3.05, 3.63) is 83.1 Å². The summed E-state index contributed by atoms with van der Waals surface area (Å²) in [6, 6.07) is 15.8. The van der Waals surface area contributed by atoms with Crippen LogP contribution in [0.3, 0.4) is 0 Å². The standard InChI is InChI=1S/C23H20FN3O2/c1-14(21-13-15-7-2-5-12-20(15)29-21)25-23(28)22-16-8-6-11-18(16)27(26-22)19-10-4-3-9-17(19)24/h2-5,7,9-10,12-14H,6,8,11H2,1H3,(H,25,28). The average molecular weight is 389 g/mol. The number of hydrogen-bond donors (Lipinski definition) is 1. The highest BCUT2D eigenvalue weighted by Gasteiger charge is 2.28. The first-order chi connectivity index (χ1) is 14.1. The Kier molecular flexibility index (Phi) is 4.19. The first-order valence-corrected chi connectivity index (χ1v) is 9.77. The van der Waals surface area contributed by atoms with E-state index in [1.807, 2.05) is 37.3 Å². The number of fused-ring (bicyclic) bond motifs is 2. The number of hydrogen-bond acceptors (Lipinski definition) is 3. The highest BCUT2D eigenvalue weighted by atomic mass is 19.1. The highest BCUT2D eigenvalue weighted by molar-refractivity contribution is 5.94.